The average Bonchev–Trinajstić information content (AvgIpc) is 1.99. The van der Waals surface area contributed by atoms with Crippen molar-refractivity contribution >= 4 is 13.3 Å². The molecular weight excluding hydrogens is 196 g/mol. The smallest absolute Gasteiger partial charge is 0.0656 e. The van der Waals surface area contributed by atoms with Crippen molar-refractivity contribution in [2.45, 2.75) is 46.8 Å². The Labute approximate surface area is 95.7 Å². The Morgan fingerprint density at radius 3 is 2.27 bits per heavy atom. The summed E-state index contributed by atoms with van der Waals surface area (Å²) in [6, 6.07) is 9.90. The van der Waals surface area contributed by atoms with E-state index in [9.17, 15) is 0 Å². The number of rotatable bonds is 2. The molecule has 0 nitrogen and oxygen atoms in total. The quantitative estimate of drug-likeness (QED) is 0.667. The maximum atomic E-state index is 3.43. The van der Waals surface area contributed by atoms with Crippen molar-refractivity contribution < 1.29 is 0 Å². The predicted octanol–water partition coefficient (Wildman–Crippen LogP) is 3.62. The van der Waals surface area contributed by atoms with E-state index in [4.69, 9.17) is 0 Å². The molecule has 0 spiro atoms. The summed E-state index contributed by atoms with van der Waals surface area (Å²) in [5.74, 6) is 0. The van der Waals surface area contributed by atoms with Gasteiger partial charge in [-0.25, -0.2) is 0 Å². The van der Waals surface area contributed by atoms with Gasteiger partial charge in [-0.1, -0.05) is 63.8 Å². The molecule has 1 aromatic rings. The highest BCUT2D eigenvalue weighted by atomic mass is 28.3. The standard InChI is InChI=1S/C14H23Si/c1-14(2,3)11-12-9-7-8-10-13(12)15(4,5)6/h7-8,10H,11H2,1-6H3. The zero-order valence-electron chi connectivity index (χ0n) is 10.9. The van der Waals surface area contributed by atoms with Crippen LogP contribution in [0.3, 0.4) is 0 Å². The molecule has 0 atom stereocenters. The van der Waals surface area contributed by atoms with Gasteiger partial charge in [0, 0.05) is 0 Å². The predicted molar refractivity (Wildman–Crippen MR) is 71.4 cm³/mol. The summed E-state index contributed by atoms with van der Waals surface area (Å²) in [7, 11) is -1.21. The third kappa shape index (κ3) is 3.82. The van der Waals surface area contributed by atoms with Crippen molar-refractivity contribution in [1.29, 1.82) is 0 Å². The van der Waals surface area contributed by atoms with Gasteiger partial charge in [0.15, 0.2) is 0 Å². The Morgan fingerprint density at radius 1 is 1.20 bits per heavy atom. The van der Waals surface area contributed by atoms with Gasteiger partial charge in [-0.2, -0.15) is 0 Å². The van der Waals surface area contributed by atoms with Crippen molar-refractivity contribution in [2.75, 3.05) is 0 Å². The molecular formula is C14H23Si. The summed E-state index contributed by atoms with van der Waals surface area (Å²) in [6.07, 6.45) is 1.13. The van der Waals surface area contributed by atoms with Gasteiger partial charge in [0.2, 0.25) is 0 Å². The lowest BCUT2D eigenvalue weighted by Crippen LogP contribution is -2.40. The topological polar surface area (TPSA) is 0 Å². The SMILES string of the molecule is CC(C)(C)Cc1[c]cccc1[Si](C)(C)C. The molecule has 0 amide bonds. The van der Waals surface area contributed by atoms with Crippen LogP contribution in [0.2, 0.25) is 19.6 Å². The van der Waals surface area contributed by atoms with Crippen LogP contribution in [0.1, 0.15) is 26.3 Å². The van der Waals surface area contributed by atoms with Gasteiger partial charge in [-0.3, -0.25) is 0 Å². The van der Waals surface area contributed by atoms with Crippen LogP contribution in [0.4, 0.5) is 0 Å². The summed E-state index contributed by atoms with van der Waals surface area (Å²) in [5, 5.41) is 1.57. The normalized spacial score (nSPS) is 12.9. The van der Waals surface area contributed by atoms with E-state index in [1.54, 1.807) is 5.19 Å². The van der Waals surface area contributed by atoms with Crippen LogP contribution in [0.15, 0.2) is 18.2 Å². The van der Waals surface area contributed by atoms with E-state index in [1.807, 2.05) is 6.07 Å². The molecule has 0 aliphatic carbocycles. The third-order valence-corrected chi connectivity index (χ3v) is 4.54. The summed E-state index contributed by atoms with van der Waals surface area (Å²) in [5.41, 5.74) is 1.79. The molecule has 0 heterocycles. The van der Waals surface area contributed by atoms with Crippen LogP contribution < -0.4 is 5.19 Å². The lowest BCUT2D eigenvalue weighted by atomic mass is 9.88. The summed E-state index contributed by atoms with van der Waals surface area (Å²) in [6.45, 7) is 14.1. The molecule has 0 N–H and O–H groups in total. The minimum atomic E-state index is -1.21. The Balaban J connectivity index is 3.08. The van der Waals surface area contributed by atoms with Gasteiger partial charge in [-0.05, 0) is 23.5 Å². The minimum Gasteiger partial charge on any atom is -0.0656 e. The fourth-order valence-corrected chi connectivity index (χ4v) is 3.51. The monoisotopic (exact) mass is 219 g/mol. The fraction of sp³-hybridized carbons (Fsp3) is 0.571. The first-order valence-electron chi connectivity index (χ1n) is 5.70. The highest BCUT2D eigenvalue weighted by Gasteiger charge is 2.22. The molecule has 0 aliphatic rings. The van der Waals surface area contributed by atoms with E-state index in [1.165, 1.54) is 5.56 Å². The summed E-state index contributed by atoms with van der Waals surface area (Å²) >= 11 is 0. The van der Waals surface area contributed by atoms with Crippen LogP contribution in [0.5, 0.6) is 0 Å². The van der Waals surface area contributed by atoms with Gasteiger partial charge in [0.05, 0.1) is 8.07 Å². The van der Waals surface area contributed by atoms with E-state index in [2.05, 4.69) is 58.6 Å². The molecule has 1 radical (unpaired) electrons. The summed E-state index contributed by atoms with van der Waals surface area (Å²) in [4.78, 5) is 0. The number of benzene rings is 1. The van der Waals surface area contributed by atoms with Gasteiger partial charge in [0.25, 0.3) is 0 Å². The van der Waals surface area contributed by atoms with Gasteiger partial charge < -0.3 is 0 Å². The number of hydrogen-bond donors (Lipinski definition) is 0. The Bertz CT molecular complexity index is 326. The van der Waals surface area contributed by atoms with Gasteiger partial charge in [-0.15, -0.1) is 0 Å². The molecule has 1 aromatic carbocycles. The van der Waals surface area contributed by atoms with Crippen molar-refractivity contribution in [3.63, 3.8) is 0 Å². The number of hydrogen-bond acceptors (Lipinski definition) is 0. The van der Waals surface area contributed by atoms with E-state index in [0.29, 0.717) is 5.41 Å². The highest BCUT2D eigenvalue weighted by Crippen LogP contribution is 2.20. The largest absolute Gasteiger partial charge is 0.0779 e. The van der Waals surface area contributed by atoms with E-state index in [-0.39, 0.29) is 0 Å². The highest BCUT2D eigenvalue weighted by molar-refractivity contribution is 6.89. The molecule has 0 bridgehead atoms. The first kappa shape index (κ1) is 12.5. The molecule has 15 heavy (non-hydrogen) atoms. The van der Waals surface area contributed by atoms with Crippen molar-refractivity contribution in [3.8, 4) is 0 Å². The van der Waals surface area contributed by atoms with Crippen molar-refractivity contribution in [2.24, 2.45) is 5.41 Å². The van der Waals surface area contributed by atoms with Crippen LogP contribution in [0, 0.1) is 11.5 Å². The molecule has 1 heteroatoms. The van der Waals surface area contributed by atoms with Crippen LogP contribution >= 0.6 is 0 Å². The van der Waals surface area contributed by atoms with Crippen molar-refractivity contribution in [3.05, 3.63) is 29.8 Å². The van der Waals surface area contributed by atoms with Crippen molar-refractivity contribution in [1.82, 2.24) is 0 Å². The third-order valence-electron chi connectivity index (χ3n) is 2.46. The lowest BCUT2D eigenvalue weighted by molar-refractivity contribution is 0.412. The van der Waals surface area contributed by atoms with Crippen LogP contribution in [-0.4, -0.2) is 8.07 Å². The lowest BCUT2D eigenvalue weighted by Gasteiger charge is -2.25. The first-order chi connectivity index (χ1) is 6.70. The second-order valence-electron chi connectivity index (χ2n) is 6.55. The molecule has 0 fully saturated rings. The average molecular weight is 219 g/mol. The zero-order valence-corrected chi connectivity index (χ0v) is 11.9. The van der Waals surface area contributed by atoms with Gasteiger partial charge in [0.1, 0.15) is 0 Å². The van der Waals surface area contributed by atoms with Crippen LogP contribution in [-0.2, 0) is 6.42 Å². The minimum absolute atomic E-state index is 0.353. The molecule has 0 saturated heterocycles. The fourth-order valence-electron chi connectivity index (χ4n) is 1.85. The van der Waals surface area contributed by atoms with E-state index < -0.39 is 8.07 Å². The van der Waals surface area contributed by atoms with E-state index in [0.717, 1.165) is 6.42 Å². The second-order valence-corrected chi connectivity index (χ2v) is 11.6. The summed E-state index contributed by atoms with van der Waals surface area (Å²) < 4.78 is 0. The Hall–Kier alpha value is -0.563. The Morgan fingerprint density at radius 2 is 1.80 bits per heavy atom. The molecule has 83 valence electrons. The van der Waals surface area contributed by atoms with Crippen LogP contribution in [0.25, 0.3) is 0 Å². The molecule has 0 saturated carbocycles. The second kappa shape index (κ2) is 4.13. The zero-order chi connectivity index (χ0) is 11.7. The van der Waals surface area contributed by atoms with E-state index >= 15 is 0 Å². The van der Waals surface area contributed by atoms with Gasteiger partial charge >= 0.3 is 0 Å². The molecule has 0 unspecified atom stereocenters. The molecule has 0 aliphatic heterocycles. The molecule has 1 rings (SSSR count). The maximum absolute atomic E-state index is 3.43. The molecule has 0 aromatic heterocycles. The Kier molecular flexibility index (Phi) is 3.44. The first-order valence-corrected chi connectivity index (χ1v) is 9.20. The maximum Gasteiger partial charge on any atom is 0.0779 e.